The van der Waals surface area contributed by atoms with Crippen LogP contribution in [0.15, 0.2) is 54.9 Å². The summed E-state index contributed by atoms with van der Waals surface area (Å²) in [7, 11) is 0. The average molecular weight is 504 g/mol. The molecule has 10 heteroatoms. The molecule has 0 radical (unpaired) electrons. The number of rotatable bonds is 7. The van der Waals surface area contributed by atoms with Crippen molar-refractivity contribution in [1.82, 2.24) is 25.5 Å². The van der Waals surface area contributed by atoms with Gasteiger partial charge in [0.15, 0.2) is 0 Å². The third-order valence-corrected chi connectivity index (χ3v) is 6.07. The smallest absolute Gasteiger partial charge is 0.270 e. The van der Waals surface area contributed by atoms with Gasteiger partial charge < -0.3 is 15.5 Å². The fraction of sp³-hybridized carbons (Fsp3) is 0.259. The van der Waals surface area contributed by atoms with Crippen molar-refractivity contribution < 1.29 is 23.6 Å². The Morgan fingerprint density at radius 2 is 1.43 bits per heavy atom. The normalized spacial score (nSPS) is 13.2. The van der Waals surface area contributed by atoms with Crippen LogP contribution in [0.1, 0.15) is 60.9 Å². The fourth-order valence-electron chi connectivity index (χ4n) is 3.88. The van der Waals surface area contributed by atoms with Crippen molar-refractivity contribution in [2.24, 2.45) is 0 Å². The minimum absolute atomic E-state index is 0.0289. The lowest BCUT2D eigenvalue weighted by molar-refractivity contribution is -0.120. The lowest BCUT2D eigenvalue weighted by atomic mass is 10.1. The van der Waals surface area contributed by atoms with Crippen molar-refractivity contribution in [2.45, 2.75) is 32.9 Å². The highest BCUT2D eigenvalue weighted by molar-refractivity contribution is 5.97. The van der Waals surface area contributed by atoms with Gasteiger partial charge in [0.25, 0.3) is 17.7 Å². The molecule has 2 aromatic carbocycles. The molecule has 0 bridgehead atoms. The van der Waals surface area contributed by atoms with Crippen LogP contribution in [-0.2, 0) is 17.9 Å². The Hall–Kier alpha value is -4.47. The number of nitrogens with zero attached hydrogens (tertiary/aromatic N) is 3. The molecular formula is C27H26FN5O4. The fourth-order valence-corrected chi connectivity index (χ4v) is 3.88. The van der Waals surface area contributed by atoms with E-state index in [2.05, 4.69) is 20.6 Å². The number of ketones is 1. The van der Waals surface area contributed by atoms with Crippen LogP contribution in [0, 0.1) is 12.7 Å². The van der Waals surface area contributed by atoms with Gasteiger partial charge >= 0.3 is 0 Å². The van der Waals surface area contributed by atoms with E-state index in [1.54, 1.807) is 48.2 Å². The van der Waals surface area contributed by atoms with E-state index in [0.29, 0.717) is 37.1 Å². The summed E-state index contributed by atoms with van der Waals surface area (Å²) in [4.78, 5) is 58.6. The van der Waals surface area contributed by atoms with Gasteiger partial charge in [0.1, 0.15) is 29.3 Å². The second-order valence-corrected chi connectivity index (χ2v) is 8.77. The van der Waals surface area contributed by atoms with E-state index >= 15 is 0 Å². The first-order valence-electron chi connectivity index (χ1n) is 11.8. The first-order valence-corrected chi connectivity index (χ1v) is 11.8. The number of aromatic nitrogens is 2. The number of piperidine rings is 1. The maximum Gasteiger partial charge on any atom is 0.270 e. The first kappa shape index (κ1) is 25.6. The van der Waals surface area contributed by atoms with Gasteiger partial charge in [-0.25, -0.2) is 14.4 Å². The second-order valence-electron chi connectivity index (χ2n) is 8.77. The van der Waals surface area contributed by atoms with Gasteiger partial charge in [-0.2, -0.15) is 0 Å². The number of nitrogens with one attached hydrogen (secondary N) is 2. The van der Waals surface area contributed by atoms with Crippen molar-refractivity contribution in [1.29, 1.82) is 0 Å². The van der Waals surface area contributed by atoms with E-state index in [1.807, 2.05) is 0 Å². The van der Waals surface area contributed by atoms with Gasteiger partial charge in [-0.15, -0.1) is 0 Å². The molecule has 37 heavy (non-hydrogen) atoms. The van der Waals surface area contributed by atoms with Crippen molar-refractivity contribution >= 4 is 23.5 Å². The number of halogens is 1. The van der Waals surface area contributed by atoms with Gasteiger partial charge in [0.05, 0.1) is 0 Å². The highest BCUT2D eigenvalue weighted by atomic mass is 19.1. The number of benzene rings is 2. The van der Waals surface area contributed by atoms with E-state index in [1.165, 1.54) is 12.1 Å². The van der Waals surface area contributed by atoms with E-state index in [9.17, 15) is 23.6 Å². The van der Waals surface area contributed by atoms with Crippen LogP contribution in [0.25, 0.3) is 0 Å². The van der Waals surface area contributed by atoms with E-state index in [4.69, 9.17) is 0 Å². The van der Waals surface area contributed by atoms with E-state index in [0.717, 1.165) is 17.5 Å². The summed E-state index contributed by atoms with van der Waals surface area (Å²) in [5.41, 5.74) is 2.57. The quantitative estimate of drug-likeness (QED) is 0.511. The largest absolute Gasteiger partial charge is 0.347 e. The predicted molar refractivity (Wildman–Crippen MR) is 132 cm³/mol. The molecule has 3 aromatic rings. The van der Waals surface area contributed by atoms with Crippen LogP contribution < -0.4 is 10.6 Å². The maximum atomic E-state index is 13.4. The molecule has 0 atom stereocenters. The van der Waals surface area contributed by atoms with Crippen molar-refractivity contribution in [3.8, 4) is 0 Å². The molecule has 1 saturated heterocycles. The summed E-state index contributed by atoms with van der Waals surface area (Å²) in [6.07, 6.45) is 1.91. The summed E-state index contributed by atoms with van der Waals surface area (Å²) >= 11 is 0. The summed E-state index contributed by atoms with van der Waals surface area (Å²) < 4.78 is 13.4. The monoisotopic (exact) mass is 503 g/mol. The maximum absolute atomic E-state index is 13.4. The first-order chi connectivity index (χ1) is 17.8. The van der Waals surface area contributed by atoms with Crippen molar-refractivity contribution in [2.75, 3.05) is 13.1 Å². The third kappa shape index (κ3) is 6.60. The lowest BCUT2D eigenvalue weighted by Crippen LogP contribution is -2.38. The third-order valence-electron chi connectivity index (χ3n) is 6.07. The molecule has 1 fully saturated rings. The molecule has 2 heterocycles. The molecule has 3 amide bonds. The molecule has 0 unspecified atom stereocenters. The minimum atomic E-state index is -0.489. The number of hydrogen-bond donors (Lipinski definition) is 2. The van der Waals surface area contributed by atoms with Gasteiger partial charge in [-0.1, -0.05) is 24.3 Å². The average Bonchev–Trinajstić information content (AvgIpc) is 2.92. The molecule has 1 aromatic heterocycles. The van der Waals surface area contributed by atoms with Gasteiger partial charge in [0, 0.05) is 50.7 Å². The van der Waals surface area contributed by atoms with Crippen LogP contribution in [0.3, 0.4) is 0 Å². The van der Waals surface area contributed by atoms with Gasteiger partial charge in [-0.05, 0) is 41.8 Å². The van der Waals surface area contributed by atoms with Gasteiger partial charge in [0.2, 0.25) is 0 Å². The molecule has 0 saturated carbocycles. The number of hydrogen-bond acceptors (Lipinski definition) is 6. The number of carbonyl (C=O) groups is 4. The van der Waals surface area contributed by atoms with Crippen LogP contribution in [-0.4, -0.2) is 51.5 Å². The zero-order chi connectivity index (χ0) is 26.4. The molecule has 2 N–H and O–H groups in total. The van der Waals surface area contributed by atoms with E-state index < -0.39 is 11.8 Å². The Morgan fingerprint density at radius 1 is 0.865 bits per heavy atom. The molecule has 0 spiro atoms. The number of carbonyl (C=O) groups excluding carboxylic acids is 4. The topological polar surface area (TPSA) is 121 Å². The van der Waals surface area contributed by atoms with Crippen LogP contribution >= 0.6 is 0 Å². The van der Waals surface area contributed by atoms with Crippen LogP contribution in [0.2, 0.25) is 0 Å². The summed E-state index contributed by atoms with van der Waals surface area (Å²) in [6, 6.07) is 12.7. The molecule has 1 aliphatic rings. The number of aryl methyl sites for hydroxylation is 1. The van der Waals surface area contributed by atoms with Gasteiger partial charge in [-0.3, -0.25) is 19.2 Å². The molecule has 0 aliphatic carbocycles. The van der Waals surface area contributed by atoms with Crippen molar-refractivity contribution in [3.05, 3.63) is 94.3 Å². The SMILES string of the molecule is Cc1cc(CNC(=O)c2cc(C(=O)NCc3ccc(C(=O)N4CCC(=O)CC4)cc3)ncn2)ccc1F. The van der Waals surface area contributed by atoms with Crippen molar-refractivity contribution in [3.63, 3.8) is 0 Å². The van der Waals surface area contributed by atoms with E-state index in [-0.39, 0.29) is 42.0 Å². The van der Waals surface area contributed by atoms with Crippen LogP contribution in [0.4, 0.5) is 4.39 Å². The number of Topliss-reactive ketones (excluding diaryl/α,β-unsaturated/α-hetero) is 1. The lowest BCUT2D eigenvalue weighted by Gasteiger charge is -2.26. The summed E-state index contributed by atoms with van der Waals surface area (Å²) in [6.45, 7) is 2.88. The molecular weight excluding hydrogens is 477 g/mol. The predicted octanol–water partition coefficient (Wildman–Crippen LogP) is 2.59. The standard InChI is InChI=1S/C27H26FN5O4/c1-17-12-19(4-7-22(17)28)15-30-26(36)24-13-23(31-16-32-24)25(35)29-14-18-2-5-20(6-3-18)27(37)33-10-8-21(34)9-11-33/h2-7,12-13,16H,8-11,14-15H2,1H3,(H,29,35)(H,30,36). The Kier molecular flexibility index (Phi) is 7.97. The summed E-state index contributed by atoms with van der Waals surface area (Å²) in [5.74, 6) is -1.24. The minimum Gasteiger partial charge on any atom is -0.347 e. The molecule has 190 valence electrons. The molecule has 4 rings (SSSR count). The highest BCUT2D eigenvalue weighted by Crippen LogP contribution is 2.13. The number of amides is 3. The highest BCUT2D eigenvalue weighted by Gasteiger charge is 2.21. The Labute approximate surface area is 213 Å². The zero-order valence-electron chi connectivity index (χ0n) is 20.3. The molecule has 1 aliphatic heterocycles. The number of likely N-dealkylation sites (tertiary alicyclic amines) is 1. The second kappa shape index (κ2) is 11.5. The Morgan fingerprint density at radius 3 is 2.03 bits per heavy atom. The Balaban J connectivity index is 1.30. The summed E-state index contributed by atoms with van der Waals surface area (Å²) in [5, 5.41) is 5.43. The Bertz CT molecular complexity index is 1330. The van der Waals surface area contributed by atoms with Crippen LogP contribution in [0.5, 0.6) is 0 Å². The molecule has 9 nitrogen and oxygen atoms in total. The zero-order valence-corrected chi connectivity index (χ0v) is 20.3.